The van der Waals surface area contributed by atoms with Gasteiger partial charge in [-0.2, -0.15) is 0 Å². The highest BCUT2D eigenvalue weighted by Gasteiger charge is 2.45. The molecule has 7 nitrogen and oxygen atoms in total. The predicted octanol–water partition coefficient (Wildman–Crippen LogP) is 2.33. The van der Waals surface area contributed by atoms with Crippen LogP contribution in [0.25, 0.3) is 0 Å². The summed E-state index contributed by atoms with van der Waals surface area (Å²) in [6.45, 7) is 6.80. The van der Waals surface area contributed by atoms with Crippen LogP contribution in [0.15, 0.2) is 23.3 Å². The van der Waals surface area contributed by atoms with Gasteiger partial charge in [-0.05, 0) is 52.2 Å². The Labute approximate surface area is 140 Å². The molecule has 1 unspecified atom stereocenters. The molecule has 0 aromatic heterocycles. The third-order valence-electron chi connectivity index (χ3n) is 4.07. The first-order valence-electron chi connectivity index (χ1n) is 7.81. The van der Waals surface area contributed by atoms with Crippen molar-refractivity contribution in [3.05, 3.63) is 23.3 Å². The fourth-order valence-corrected chi connectivity index (χ4v) is 2.78. The van der Waals surface area contributed by atoms with Gasteiger partial charge in [0.15, 0.2) is 0 Å². The molecule has 2 aliphatic rings. The molecule has 2 aliphatic carbocycles. The SMILES string of the molecule is CC(C)(C)OC(=O)N[C@@H]1C[C@H]1C1=CC(C)(C(=O)O)CC(C(=O)O)=C1. The molecule has 24 heavy (non-hydrogen) atoms. The smallest absolute Gasteiger partial charge is 0.407 e. The molecule has 3 atom stereocenters. The maximum Gasteiger partial charge on any atom is 0.407 e. The van der Waals surface area contributed by atoms with Gasteiger partial charge in [-0.25, -0.2) is 9.59 Å². The lowest BCUT2D eigenvalue weighted by molar-refractivity contribution is -0.145. The molecular weight excluding hydrogens is 314 g/mol. The van der Waals surface area contributed by atoms with E-state index in [1.165, 1.54) is 13.0 Å². The summed E-state index contributed by atoms with van der Waals surface area (Å²) in [6.07, 6.45) is 3.16. The number of amides is 1. The lowest BCUT2D eigenvalue weighted by Gasteiger charge is -2.26. The molecule has 0 aliphatic heterocycles. The molecule has 0 aromatic carbocycles. The van der Waals surface area contributed by atoms with Crippen LogP contribution < -0.4 is 5.32 Å². The van der Waals surface area contributed by atoms with E-state index in [9.17, 15) is 24.6 Å². The minimum atomic E-state index is -1.25. The van der Waals surface area contributed by atoms with Gasteiger partial charge in [0.1, 0.15) is 5.60 Å². The van der Waals surface area contributed by atoms with Crippen LogP contribution in [0.1, 0.15) is 40.5 Å². The van der Waals surface area contributed by atoms with Gasteiger partial charge < -0.3 is 20.3 Å². The van der Waals surface area contributed by atoms with Crippen LogP contribution in [0.2, 0.25) is 0 Å². The molecule has 2 rings (SSSR count). The second kappa shape index (κ2) is 5.96. The zero-order chi connectivity index (χ0) is 18.3. The fourth-order valence-electron chi connectivity index (χ4n) is 2.78. The van der Waals surface area contributed by atoms with Gasteiger partial charge in [0.2, 0.25) is 0 Å². The zero-order valence-corrected chi connectivity index (χ0v) is 14.3. The standard InChI is InChI=1S/C17H23NO6/c1-16(2,3)24-15(23)18-12-6-11(12)9-5-10(13(19)20)8-17(4,7-9)14(21)22/h5,7,11-12H,6,8H2,1-4H3,(H,18,23)(H,19,20)(H,21,22)/t11-,12+,17?/m0/s1. The van der Waals surface area contributed by atoms with Crippen molar-refractivity contribution in [3.63, 3.8) is 0 Å². The quantitative estimate of drug-likeness (QED) is 0.725. The van der Waals surface area contributed by atoms with Crippen molar-refractivity contribution in [2.45, 2.75) is 52.2 Å². The molecule has 1 fully saturated rings. The lowest BCUT2D eigenvalue weighted by atomic mass is 9.77. The summed E-state index contributed by atoms with van der Waals surface area (Å²) < 4.78 is 5.19. The van der Waals surface area contributed by atoms with Crippen molar-refractivity contribution in [2.75, 3.05) is 0 Å². The normalized spacial score (nSPS) is 29.2. The topological polar surface area (TPSA) is 113 Å². The molecule has 0 aromatic rings. The van der Waals surface area contributed by atoms with Gasteiger partial charge in [-0.1, -0.05) is 6.08 Å². The molecule has 0 bridgehead atoms. The highest BCUT2D eigenvalue weighted by atomic mass is 16.6. The van der Waals surface area contributed by atoms with Crippen LogP contribution in [-0.2, 0) is 14.3 Å². The van der Waals surface area contributed by atoms with E-state index in [4.69, 9.17) is 4.74 Å². The van der Waals surface area contributed by atoms with Crippen molar-refractivity contribution >= 4 is 18.0 Å². The number of carbonyl (C=O) groups is 3. The first-order valence-corrected chi connectivity index (χ1v) is 7.81. The zero-order valence-electron chi connectivity index (χ0n) is 14.3. The third-order valence-corrected chi connectivity index (χ3v) is 4.07. The van der Waals surface area contributed by atoms with Crippen LogP contribution in [0.4, 0.5) is 4.79 Å². The molecule has 3 N–H and O–H groups in total. The van der Waals surface area contributed by atoms with Gasteiger partial charge in [0.05, 0.1) is 5.41 Å². The van der Waals surface area contributed by atoms with E-state index in [0.29, 0.717) is 12.0 Å². The average Bonchev–Trinajstić information content (AvgIpc) is 3.14. The molecule has 0 heterocycles. The summed E-state index contributed by atoms with van der Waals surface area (Å²) in [6, 6.07) is -0.173. The predicted molar refractivity (Wildman–Crippen MR) is 85.4 cm³/mol. The van der Waals surface area contributed by atoms with Crippen molar-refractivity contribution in [3.8, 4) is 0 Å². The molecular formula is C17H23NO6. The van der Waals surface area contributed by atoms with Gasteiger partial charge in [-0.3, -0.25) is 4.79 Å². The van der Waals surface area contributed by atoms with Crippen LogP contribution >= 0.6 is 0 Å². The Balaban J connectivity index is 2.11. The Kier molecular flexibility index (Phi) is 4.48. The third kappa shape index (κ3) is 4.15. The van der Waals surface area contributed by atoms with E-state index in [-0.39, 0.29) is 24.0 Å². The lowest BCUT2D eigenvalue weighted by Crippen LogP contribution is -2.34. The maximum absolute atomic E-state index is 11.8. The molecule has 0 saturated heterocycles. The summed E-state index contributed by atoms with van der Waals surface area (Å²) in [5, 5.41) is 21.4. The Morgan fingerprint density at radius 1 is 1.29 bits per heavy atom. The van der Waals surface area contributed by atoms with E-state index in [1.54, 1.807) is 26.8 Å². The van der Waals surface area contributed by atoms with Gasteiger partial charge >= 0.3 is 18.0 Å². The second-order valence-electron chi connectivity index (χ2n) is 7.61. The number of allylic oxidation sites excluding steroid dienone is 1. The Morgan fingerprint density at radius 3 is 2.42 bits per heavy atom. The average molecular weight is 337 g/mol. The first-order chi connectivity index (χ1) is 10.9. The monoisotopic (exact) mass is 337 g/mol. The summed E-state index contributed by atoms with van der Waals surface area (Å²) >= 11 is 0. The highest BCUT2D eigenvalue weighted by Crippen LogP contribution is 2.44. The van der Waals surface area contributed by atoms with E-state index in [0.717, 1.165) is 0 Å². The number of rotatable bonds is 4. The summed E-state index contributed by atoms with van der Waals surface area (Å²) in [7, 11) is 0. The largest absolute Gasteiger partial charge is 0.481 e. The minimum absolute atomic E-state index is 0.0575. The van der Waals surface area contributed by atoms with Crippen molar-refractivity contribution in [2.24, 2.45) is 11.3 Å². The summed E-state index contributed by atoms with van der Waals surface area (Å²) in [4.78, 5) is 34.6. The highest BCUT2D eigenvalue weighted by molar-refractivity contribution is 5.90. The fraction of sp³-hybridized carbons (Fsp3) is 0.588. The number of carboxylic acids is 2. The van der Waals surface area contributed by atoms with Gasteiger partial charge in [0, 0.05) is 17.5 Å². The Bertz CT molecular complexity index is 642. The van der Waals surface area contributed by atoms with Crippen LogP contribution in [-0.4, -0.2) is 39.9 Å². The number of nitrogens with one attached hydrogen (secondary N) is 1. The number of ether oxygens (including phenoxy) is 1. The number of hydrogen-bond donors (Lipinski definition) is 3. The summed E-state index contributed by atoms with van der Waals surface area (Å²) in [5.74, 6) is -2.28. The minimum Gasteiger partial charge on any atom is -0.481 e. The van der Waals surface area contributed by atoms with Crippen molar-refractivity contribution < 1.29 is 29.3 Å². The van der Waals surface area contributed by atoms with E-state index < -0.39 is 29.0 Å². The Morgan fingerprint density at radius 2 is 1.92 bits per heavy atom. The van der Waals surface area contributed by atoms with E-state index >= 15 is 0 Å². The number of carbonyl (C=O) groups excluding carboxylic acids is 1. The van der Waals surface area contributed by atoms with Crippen LogP contribution in [0, 0.1) is 11.3 Å². The molecule has 132 valence electrons. The number of carboxylic acid groups (broad SMARTS) is 2. The van der Waals surface area contributed by atoms with Crippen LogP contribution in [0.5, 0.6) is 0 Å². The number of aliphatic carboxylic acids is 2. The molecule has 0 radical (unpaired) electrons. The molecule has 7 heteroatoms. The number of hydrogen-bond acceptors (Lipinski definition) is 4. The molecule has 0 spiro atoms. The molecule has 1 amide bonds. The summed E-state index contributed by atoms with van der Waals surface area (Å²) in [5.41, 5.74) is -1.14. The Hall–Kier alpha value is -2.31. The van der Waals surface area contributed by atoms with E-state index in [1.807, 2.05) is 0 Å². The second-order valence-corrected chi connectivity index (χ2v) is 7.61. The van der Waals surface area contributed by atoms with Gasteiger partial charge in [-0.15, -0.1) is 0 Å². The van der Waals surface area contributed by atoms with Crippen molar-refractivity contribution in [1.82, 2.24) is 5.32 Å². The van der Waals surface area contributed by atoms with Crippen LogP contribution in [0.3, 0.4) is 0 Å². The maximum atomic E-state index is 11.8. The number of alkyl carbamates (subject to hydrolysis) is 1. The molecule has 1 saturated carbocycles. The van der Waals surface area contributed by atoms with Crippen molar-refractivity contribution in [1.29, 1.82) is 0 Å². The first kappa shape index (κ1) is 18.0. The van der Waals surface area contributed by atoms with E-state index in [2.05, 4.69) is 5.32 Å². The van der Waals surface area contributed by atoms with Gasteiger partial charge in [0.25, 0.3) is 0 Å².